The van der Waals surface area contributed by atoms with Crippen LogP contribution in [-0.4, -0.2) is 37.2 Å². The highest BCUT2D eigenvalue weighted by atomic mass is 16.6. The van der Waals surface area contributed by atoms with Crippen LogP contribution in [0.3, 0.4) is 0 Å². The lowest BCUT2D eigenvalue weighted by atomic mass is 10.1. The summed E-state index contributed by atoms with van der Waals surface area (Å²) >= 11 is 0. The van der Waals surface area contributed by atoms with Gasteiger partial charge in [-0.3, -0.25) is 14.4 Å². The summed E-state index contributed by atoms with van der Waals surface area (Å²) in [5.41, 5.74) is 0. The van der Waals surface area contributed by atoms with E-state index in [4.69, 9.17) is 14.2 Å². The third-order valence-corrected chi connectivity index (χ3v) is 10.4. The summed E-state index contributed by atoms with van der Waals surface area (Å²) in [6.07, 6.45) is 76.9. The lowest BCUT2D eigenvalue weighted by molar-refractivity contribution is -0.167. The molecule has 374 valence electrons. The Morgan fingerprint density at radius 1 is 0.328 bits per heavy atom. The predicted octanol–water partition coefficient (Wildman–Crippen LogP) is 17.6. The summed E-state index contributed by atoms with van der Waals surface area (Å²) in [4.78, 5) is 38.0. The second-order valence-corrected chi connectivity index (χ2v) is 16.8. The van der Waals surface area contributed by atoms with Crippen LogP contribution in [0.5, 0.6) is 0 Å². The monoisotopic (exact) mass is 923 g/mol. The summed E-state index contributed by atoms with van der Waals surface area (Å²) in [5.74, 6) is -1.05. The van der Waals surface area contributed by atoms with E-state index in [0.717, 1.165) is 116 Å². The Bertz CT molecular complexity index is 1530. The van der Waals surface area contributed by atoms with Gasteiger partial charge in [0.15, 0.2) is 6.10 Å². The number of unbranched alkanes of at least 4 members (excludes halogenated alkanes) is 13. The van der Waals surface area contributed by atoms with Crippen LogP contribution in [0.1, 0.15) is 201 Å². The fraction of sp³-hybridized carbons (Fsp3) is 0.557. The number of esters is 3. The average molecular weight is 923 g/mol. The Labute approximate surface area is 410 Å². The molecule has 0 saturated carbocycles. The number of ether oxygens (including phenoxy) is 3. The molecule has 0 radical (unpaired) electrons. The van der Waals surface area contributed by atoms with E-state index in [2.05, 4.69) is 130 Å². The van der Waals surface area contributed by atoms with Crippen molar-refractivity contribution in [1.29, 1.82) is 0 Å². The molecule has 0 aromatic carbocycles. The quantitative estimate of drug-likeness (QED) is 0.0199. The first-order chi connectivity index (χ1) is 33.0. The minimum Gasteiger partial charge on any atom is -0.462 e. The van der Waals surface area contributed by atoms with E-state index in [1.54, 1.807) is 0 Å². The molecule has 0 aromatic rings. The van der Waals surface area contributed by atoms with Crippen LogP contribution in [0.2, 0.25) is 0 Å². The van der Waals surface area contributed by atoms with Crippen molar-refractivity contribution in [2.75, 3.05) is 13.2 Å². The molecule has 6 nitrogen and oxygen atoms in total. The highest BCUT2D eigenvalue weighted by Gasteiger charge is 2.19. The zero-order chi connectivity index (χ0) is 48.6. The van der Waals surface area contributed by atoms with Crippen molar-refractivity contribution in [2.24, 2.45) is 0 Å². The number of carbonyl (C=O) groups excluding carboxylic acids is 3. The predicted molar refractivity (Wildman–Crippen MR) is 288 cm³/mol. The molecule has 0 aliphatic heterocycles. The van der Waals surface area contributed by atoms with Gasteiger partial charge < -0.3 is 14.2 Å². The fourth-order valence-corrected chi connectivity index (χ4v) is 6.49. The van der Waals surface area contributed by atoms with Crippen LogP contribution in [-0.2, 0) is 28.6 Å². The van der Waals surface area contributed by atoms with E-state index in [0.29, 0.717) is 19.3 Å². The van der Waals surface area contributed by atoms with E-state index >= 15 is 0 Å². The Morgan fingerprint density at radius 2 is 0.672 bits per heavy atom. The van der Waals surface area contributed by atoms with Gasteiger partial charge >= 0.3 is 17.9 Å². The van der Waals surface area contributed by atoms with Gasteiger partial charge in [-0.15, -0.1) is 0 Å². The number of hydrogen-bond donors (Lipinski definition) is 0. The maximum atomic E-state index is 12.8. The minimum absolute atomic E-state index is 0.127. The molecule has 1 unspecified atom stereocenters. The second-order valence-electron chi connectivity index (χ2n) is 16.8. The number of allylic oxidation sites excluding steroid dienone is 24. The standard InChI is InChI=1S/C61H94O6/c1-4-7-10-13-16-19-22-25-27-29-30-32-33-36-39-42-45-48-51-54-60(63)66-57-58(56-65-59(62)53-50-47-44-41-38-35-24-21-18-15-12-9-6-3)67-61(64)55-52-49-46-43-40-37-34-31-28-26-23-20-17-14-11-8-5-2/h7,9-10,12,15-21,24-28,30,32,34-35,37-38,43,46,58H,4-6,8,11,13-14,22-23,29,31,33,36,39-42,44-45,47-57H2,1-3H3/b10-7-,12-9-,18-15-,19-16-,20-17-,24-21-,27-25-,28-26-,32-30-,37-34-,38-35-,46-43-. The van der Waals surface area contributed by atoms with Crippen molar-refractivity contribution in [1.82, 2.24) is 0 Å². The molecule has 0 bridgehead atoms. The van der Waals surface area contributed by atoms with E-state index in [-0.39, 0.29) is 37.5 Å². The Morgan fingerprint density at radius 3 is 1.15 bits per heavy atom. The van der Waals surface area contributed by atoms with E-state index in [1.807, 2.05) is 36.5 Å². The first-order valence-electron chi connectivity index (χ1n) is 26.4. The zero-order valence-electron chi connectivity index (χ0n) is 42.6. The molecule has 6 heteroatoms. The summed E-state index contributed by atoms with van der Waals surface area (Å²) in [6, 6.07) is 0. The summed E-state index contributed by atoms with van der Waals surface area (Å²) in [5, 5.41) is 0. The Balaban J connectivity index is 4.57. The molecule has 1 atom stereocenters. The molecule has 0 rings (SSSR count). The van der Waals surface area contributed by atoms with Crippen molar-refractivity contribution in [3.8, 4) is 0 Å². The van der Waals surface area contributed by atoms with Gasteiger partial charge in [0.25, 0.3) is 0 Å². The van der Waals surface area contributed by atoms with Crippen molar-refractivity contribution in [2.45, 2.75) is 207 Å². The van der Waals surface area contributed by atoms with E-state index < -0.39 is 6.10 Å². The number of rotatable bonds is 45. The molecule has 0 aliphatic rings. The number of hydrogen-bond acceptors (Lipinski definition) is 6. The summed E-state index contributed by atoms with van der Waals surface area (Å²) < 4.78 is 16.7. The zero-order valence-corrected chi connectivity index (χ0v) is 42.6. The van der Waals surface area contributed by atoms with Gasteiger partial charge in [-0.25, -0.2) is 0 Å². The lowest BCUT2D eigenvalue weighted by Crippen LogP contribution is -2.30. The van der Waals surface area contributed by atoms with Gasteiger partial charge in [0.05, 0.1) is 0 Å². The van der Waals surface area contributed by atoms with Gasteiger partial charge in [-0.1, -0.05) is 212 Å². The molecule has 0 aromatic heterocycles. The molecule has 0 aliphatic carbocycles. The van der Waals surface area contributed by atoms with Crippen LogP contribution in [0.4, 0.5) is 0 Å². The molecule has 0 saturated heterocycles. The normalized spacial score (nSPS) is 13.3. The molecule has 0 fully saturated rings. The van der Waals surface area contributed by atoms with E-state index in [1.165, 1.54) is 38.5 Å². The molecule has 67 heavy (non-hydrogen) atoms. The molecular formula is C61H94O6. The van der Waals surface area contributed by atoms with Gasteiger partial charge in [-0.2, -0.15) is 0 Å². The molecule has 0 N–H and O–H groups in total. The maximum Gasteiger partial charge on any atom is 0.306 e. The second kappa shape index (κ2) is 53.9. The first-order valence-corrected chi connectivity index (χ1v) is 26.4. The van der Waals surface area contributed by atoms with Crippen molar-refractivity contribution >= 4 is 17.9 Å². The third kappa shape index (κ3) is 52.1. The molecule has 0 amide bonds. The summed E-state index contributed by atoms with van der Waals surface area (Å²) in [7, 11) is 0. The fourth-order valence-electron chi connectivity index (χ4n) is 6.49. The van der Waals surface area contributed by atoms with Crippen LogP contribution in [0, 0.1) is 0 Å². The Kier molecular flexibility index (Phi) is 50.1. The Hall–Kier alpha value is -4.71. The van der Waals surface area contributed by atoms with Crippen LogP contribution >= 0.6 is 0 Å². The maximum absolute atomic E-state index is 12.8. The van der Waals surface area contributed by atoms with Gasteiger partial charge in [0.2, 0.25) is 0 Å². The van der Waals surface area contributed by atoms with Crippen LogP contribution in [0.15, 0.2) is 146 Å². The van der Waals surface area contributed by atoms with Crippen LogP contribution in [0.25, 0.3) is 0 Å². The van der Waals surface area contributed by atoms with Crippen molar-refractivity contribution in [3.63, 3.8) is 0 Å². The number of carbonyl (C=O) groups is 3. The van der Waals surface area contributed by atoms with Gasteiger partial charge in [-0.05, 0) is 116 Å². The SMILES string of the molecule is CC\C=C/C=C\C=C/C=C\CCCCCC(=O)OCC(COC(=O)CCCCCCCC/C=C\C/C=C\C/C=C\C/C=C\CC)OC(=O)CCC/C=C\C/C=C\C/C=C\C/C=C\CCCCC. The van der Waals surface area contributed by atoms with Crippen LogP contribution < -0.4 is 0 Å². The largest absolute Gasteiger partial charge is 0.462 e. The minimum atomic E-state index is -0.835. The van der Waals surface area contributed by atoms with Gasteiger partial charge in [0, 0.05) is 19.3 Å². The highest BCUT2D eigenvalue weighted by Crippen LogP contribution is 2.12. The molecule has 0 heterocycles. The van der Waals surface area contributed by atoms with Gasteiger partial charge in [0.1, 0.15) is 13.2 Å². The molecular weight excluding hydrogens is 829 g/mol. The van der Waals surface area contributed by atoms with Crippen molar-refractivity contribution in [3.05, 3.63) is 146 Å². The van der Waals surface area contributed by atoms with Crippen molar-refractivity contribution < 1.29 is 28.6 Å². The van der Waals surface area contributed by atoms with E-state index in [9.17, 15) is 14.4 Å². The third-order valence-electron chi connectivity index (χ3n) is 10.4. The topological polar surface area (TPSA) is 78.9 Å². The average Bonchev–Trinajstić information content (AvgIpc) is 3.33. The smallest absolute Gasteiger partial charge is 0.306 e. The first kappa shape index (κ1) is 62.3. The summed E-state index contributed by atoms with van der Waals surface area (Å²) in [6.45, 7) is 6.24. The molecule has 0 spiro atoms. The highest BCUT2D eigenvalue weighted by molar-refractivity contribution is 5.71. The lowest BCUT2D eigenvalue weighted by Gasteiger charge is -2.18.